The van der Waals surface area contributed by atoms with E-state index in [0.29, 0.717) is 0 Å². The number of carbonyl (C=O) groups is 1. The molecule has 0 fully saturated rings. The molecule has 90 valence electrons. The Balaban J connectivity index is 3.10. The third-order valence-corrected chi connectivity index (χ3v) is 1.60. The number of ether oxygens (including phenoxy) is 2. The highest BCUT2D eigenvalue weighted by molar-refractivity contribution is 5.91. The zero-order chi connectivity index (χ0) is 13.1. The molecular formula is C9H5F3N2O3. The summed E-state index contributed by atoms with van der Waals surface area (Å²) in [5.41, 5.74) is -0.733. The second-order valence-electron chi connectivity index (χ2n) is 2.70. The van der Waals surface area contributed by atoms with Crippen LogP contribution in [0, 0.1) is 11.3 Å². The van der Waals surface area contributed by atoms with Crippen LogP contribution in [0.25, 0.3) is 0 Å². The number of methoxy groups -OCH3 is 1. The summed E-state index contributed by atoms with van der Waals surface area (Å²) in [7, 11) is 1.07. The van der Waals surface area contributed by atoms with Gasteiger partial charge in [-0.3, -0.25) is 0 Å². The highest BCUT2D eigenvalue weighted by atomic mass is 19.4. The SMILES string of the molecule is COC(=O)c1ccc(OC(F)(F)F)nc1C#N. The van der Waals surface area contributed by atoms with E-state index in [-0.39, 0.29) is 5.56 Å². The van der Waals surface area contributed by atoms with Crippen LogP contribution in [0.1, 0.15) is 16.1 Å². The van der Waals surface area contributed by atoms with Gasteiger partial charge in [0.15, 0.2) is 5.69 Å². The molecule has 1 aromatic heterocycles. The number of aromatic nitrogens is 1. The highest BCUT2D eigenvalue weighted by Crippen LogP contribution is 2.22. The smallest absolute Gasteiger partial charge is 0.465 e. The van der Waals surface area contributed by atoms with Gasteiger partial charge in [-0.25, -0.2) is 9.78 Å². The number of carbonyl (C=O) groups excluding carboxylic acids is 1. The van der Waals surface area contributed by atoms with Crippen molar-refractivity contribution in [3.63, 3.8) is 0 Å². The first-order valence-electron chi connectivity index (χ1n) is 4.12. The van der Waals surface area contributed by atoms with Gasteiger partial charge in [-0.05, 0) is 6.07 Å². The molecule has 0 N–H and O–H groups in total. The molecule has 0 aliphatic rings. The van der Waals surface area contributed by atoms with Crippen LogP contribution in [0.5, 0.6) is 5.88 Å². The van der Waals surface area contributed by atoms with E-state index in [2.05, 4.69) is 14.5 Å². The number of halogens is 3. The molecule has 8 heteroatoms. The number of nitrogens with zero attached hydrogens (tertiary/aromatic N) is 2. The van der Waals surface area contributed by atoms with E-state index in [1.807, 2.05) is 0 Å². The summed E-state index contributed by atoms with van der Waals surface area (Å²) in [6.07, 6.45) is -4.91. The summed E-state index contributed by atoms with van der Waals surface area (Å²) in [5, 5.41) is 8.63. The Labute approximate surface area is 93.4 Å². The normalized spacial score (nSPS) is 10.5. The summed E-state index contributed by atoms with van der Waals surface area (Å²) in [6.45, 7) is 0. The quantitative estimate of drug-likeness (QED) is 0.741. The van der Waals surface area contributed by atoms with Crippen molar-refractivity contribution in [3.8, 4) is 11.9 Å². The number of hydrogen-bond acceptors (Lipinski definition) is 5. The van der Waals surface area contributed by atoms with E-state index in [4.69, 9.17) is 5.26 Å². The van der Waals surface area contributed by atoms with Crippen molar-refractivity contribution >= 4 is 5.97 Å². The van der Waals surface area contributed by atoms with Gasteiger partial charge in [-0.15, -0.1) is 13.2 Å². The van der Waals surface area contributed by atoms with Gasteiger partial charge in [0.05, 0.1) is 12.7 Å². The van der Waals surface area contributed by atoms with Gasteiger partial charge < -0.3 is 9.47 Å². The lowest BCUT2D eigenvalue weighted by molar-refractivity contribution is -0.276. The highest BCUT2D eigenvalue weighted by Gasteiger charge is 2.32. The molecule has 0 atom stereocenters. The van der Waals surface area contributed by atoms with Gasteiger partial charge in [-0.2, -0.15) is 5.26 Å². The molecule has 0 unspecified atom stereocenters. The zero-order valence-corrected chi connectivity index (χ0v) is 8.41. The number of pyridine rings is 1. The third-order valence-electron chi connectivity index (χ3n) is 1.60. The molecule has 0 amide bonds. The van der Waals surface area contributed by atoms with E-state index in [9.17, 15) is 18.0 Å². The molecule has 1 rings (SSSR count). The fourth-order valence-corrected chi connectivity index (χ4v) is 0.977. The lowest BCUT2D eigenvalue weighted by Gasteiger charge is -2.08. The summed E-state index contributed by atoms with van der Waals surface area (Å²) in [6, 6.07) is 3.27. The van der Waals surface area contributed by atoms with E-state index in [0.717, 1.165) is 19.2 Å². The topological polar surface area (TPSA) is 72.2 Å². The molecule has 1 heterocycles. The molecule has 0 bridgehead atoms. The minimum atomic E-state index is -4.91. The van der Waals surface area contributed by atoms with Crippen LogP contribution in [0.4, 0.5) is 13.2 Å². The standard InChI is InChI=1S/C9H5F3N2O3/c1-16-8(15)5-2-3-7(14-6(5)4-13)17-9(10,11)12/h2-3H,1H3. The molecule has 17 heavy (non-hydrogen) atoms. The Bertz CT molecular complexity index is 479. The summed E-state index contributed by atoms with van der Waals surface area (Å²) < 4.78 is 43.4. The molecule has 0 aliphatic carbocycles. The number of nitriles is 1. The molecule has 0 saturated heterocycles. The molecule has 5 nitrogen and oxygen atoms in total. The summed E-state index contributed by atoms with van der Waals surface area (Å²) >= 11 is 0. The predicted octanol–water partition coefficient (Wildman–Crippen LogP) is 1.64. The second-order valence-corrected chi connectivity index (χ2v) is 2.70. The first-order valence-corrected chi connectivity index (χ1v) is 4.12. The van der Waals surface area contributed by atoms with Crippen LogP contribution in [0.3, 0.4) is 0 Å². The Morgan fingerprint density at radius 3 is 2.59 bits per heavy atom. The molecule has 0 aliphatic heterocycles. The fraction of sp³-hybridized carbons (Fsp3) is 0.222. The van der Waals surface area contributed by atoms with Crippen LogP contribution in [0.15, 0.2) is 12.1 Å². The van der Waals surface area contributed by atoms with Crippen molar-refractivity contribution in [2.45, 2.75) is 6.36 Å². The van der Waals surface area contributed by atoms with Crippen molar-refractivity contribution in [1.29, 1.82) is 5.26 Å². The Morgan fingerprint density at radius 2 is 2.12 bits per heavy atom. The lowest BCUT2D eigenvalue weighted by Crippen LogP contribution is -2.18. The van der Waals surface area contributed by atoms with E-state index >= 15 is 0 Å². The number of hydrogen-bond donors (Lipinski definition) is 0. The Kier molecular flexibility index (Phi) is 3.52. The monoisotopic (exact) mass is 246 g/mol. The average Bonchev–Trinajstić information content (AvgIpc) is 2.25. The Hall–Kier alpha value is -2.30. The molecule has 1 aromatic rings. The van der Waals surface area contributed by atoms with Crippen LogP contribution in [0.2, 0.25) is 0 Å². The van der Waals surface area contributed by atoms with E-state index in [1.54, 1.807) is 0 Å². The number of esters is 1. The number of alkyl halides is 3. The van der Waals surface area contributed by atoms with Crippen molar-refractivity contribution < 1.29 is 27.4 Å². The van der Waals surface area contributed by atoms with Gasteiger partial charge in [0.1, 0.15) is 6.07 Å². The maximum absolute atomic E-state index is 11.9. The minimum absolute atomic E-state index is 0.232. The lowest BCUT2D eigenvalue weighted by atomic mass is 10.2. The molecule has 0 aromatic carbocycles. The van der Waals surface area contributed by atoms with Crippen molar-refractivity contribution in [2.75, 3.05) is 7.11 Å². The van der Waals surface area contributed by atoms with Crippen molar-refractivity contribution in [2.24, 2.45) is 0 Å². The van der Waals surface area contributed by atoms with Gasteiger partial charge in [-0.1, -0.05) is 0 Å². The van der Waals surface area contributed by atoms with Crippen molar-refractivity contribution in [1.82, 2.24) is 4.98 Å². The largest absolute Gasteiger partial charge is 0.574 e. The maximum atomic E-state index is 11.9. The van der Waals surface area contributed by atoms with E-state index in [1.165, 1.54) is 6.07 Å². The fourth-order valence-electron chi connectivity index (χ4n) is 0.977. The average molecular weight is 246 g/mol. The van der Waals surface area contributed by atoms with Crippen LogP contribution >= 0.6 is 0 Å². The van der Waals surface area contributed by atoms with Gasteiger partial charge in [0.2, 0.25) is 5.88 Å². The van der Waals surface area contributed by atoms with Gasteiger partial charge in [0.25, 0.3) is 0 Å². The van der Waals surface area contributed by atoms with Gasteiger partial charge >= 0.3 is 12.3 Å². The van der Waals surface area contributed by atoms with Crippen molar-refractivity contribution in [3.05, 3.63) is 23.4 Å². The summed E-state index contributed by atoms with van der Waals surface area (Å²) in [4.78, 5) is 14.4. The van der Waals surface area contributed by atoms with Crippen LogP contribution in [-0.2, 0) is 4.74 Å². The minimum Gasteiger partial charge on any atom is -0.465 e. The third kappa shape index (κ3) is 3.34. The van der Waals surface area contributed by atoms with Crippen LogP contribution in [-0.4, -0.2) is 24.4 Å². The molecular weight excluding hydrogens is 241 g/mol. The van der Waals surface area contributed by atoms with E-state index < -0.39 is 23.9 Å². The Morgan fingerprint density at radius 1 is 1.47 bits per heavy atom. The number of rotatable bonds is 2. The summed E-state index contributed by atoms with van der Waals surface area (Å²) in [5.74, 6) is -1.69. The second kappa shape index (κ2) is 4.69. The first kappa shape index (κ1) is 12.8. The predicted molar refractivity (Wildman–Crippen MR) is 47.0 cm³/mol. The molecule has 0 saturated carbocycles. The molecule has 0 radical (unpaired) electrons. The first-order chi connectivity index (χ1) is 7.87. The molecule has 0 spiro atoms. The van der Waals surface area contributed by atoms with Gasteiger partial charge in [0, 0.05) is 6.07 Å². The van der Waals surface area contributed by atoms with Crippen LogP contribution < -0.4 is 4.74 Å². The zero-order valence-electron chi connectivity index (χ0n) is 8.41. The maximum Gasteiger partial charge on any atom is 0.574 e.